The molecule has 4 atom stereocenters. The number of ether oxygens (including phenoxy) is 1. The fraction of sp³-hybridized carbons (Fsp3) is 0.933. The van der Waals surface area contributed by atoms with Crippen molar-refractivity contribution in [3.8, 4) is 0 Å². The van der Waals surface area contributed by atoms with Crippen molar-refractivity contribution in [2.75, 3.05) is 13.7 Å². The summed E-state index contributed by atoms with van der Waals surface area (Å²) in [5, 5.41) is 0. The van der Waals surface area contributed by atoms with Crippen LogP contribution in [0.1, 0.15) is 47.5 Å². The third-order valence-electron chi connectivity index (χ3n) is 4.85. The van der Waals surface area contributed by atoms with Crippen LogP contribution in [0, 0.1) is 11.3 Å². The standard InChI is InChI=1S/C15H30N2O2/c1-7-10(3)13(16)14(18)17(6)11-9-12(19-8-2)15(11,4)5/h10-13H,7-9,16H2,1-6H3. The lowest BCUT2D eigenvalue weighted by atomic mass is 9.63. The maximum atomic E-state index is 12.4. The number of rotatable bonds is 6. The maximum absolute atomic E-state index is 12.4. The molecule has 4 heteroatoms. The molecule has 0 heterocycles. The summed E-state index contributed by atoms with van der Waals surface area (Å²) in [5.74, 6) is 0.281. The van der Waals surface area contributed by atoms with Crippen LogP contribution in [-0.4, -0.2) is 42.6 Å². The van der Waals surface area contributed by atoms with Crippen LogP contribution >= 0.6 is 0 Å². The van der Waals surface area contributed by atoms with Crippen LogP contribution in [0.25, 0.3) is 0 Å². The zero-order chi connectivity index (χ0) is 14.8. The average molecular weight is 270 g/mol. The highest BCUT2D eigenvalue weighted by atomic mass is 16.5. The van der Waals surface area contributed by atoms with Gasteiger partial charge in [-0.1, -0.05) is 34.1 Å². The van der Waals surface area contributed by atoms with Crippen molar-refractivity contribution in [3.63, 3.8) is 0 Å². The first-order chi connectivity index (χ1) is 8.77. The first-order valence-corrected chi connectivity index (χ1v) is 7.41. The Bertz CT molecular complexity index is 317. The van der Waals surface area contributed by atoms with E-state index in [1.165, 1.54) is 0 Å². The number of carbonyl (C=O) groups excluding carboxylic acids is 1. The Morgan fingerprint density at radius 3 is 2.47 bits per heavy atom. The smallest absolute Gasteiger partial charge is 0.239 e. The fourth-order valence-corrected chi connectivity index (χ4v) is 2.89. The number of carbonyl (C=O) groups is 1. The molecule has 1 rings (SSSR count). The zero-order valence-corrected chi connectivity index (χ0v) is 13.3. The number of likely N-dealkylation sites (N-methyl/N-ethyl adjacent to an activating group) is 1. The second-order valence-electron chi connectivity index (χ2n) is 6.38. The monoisotopic (exact) mass is 270 g/mol. The van der Waals surface area contributed by atoms with Crippen LogP contribution in [0.5, 0.6) is 0 Å². The van der Waals surface area contributed by atoms with Crippen LogP contribution in [0.4, 0.5) is 0 Å². The summed E-state index contributed by atoms with van der Waals surface area (Å²) < 4.78 is 5.71. The van der Waals surface area contributed by atoms with E-state index in [1.54, 1.807) is 0 Å². The van der Waals surface area contributed by atoms with Gasteiger partial charge in [0.25, 0.3) is 0 Å². The molecule has 0 saturated heterocycles. The summed E-state index contributed by atoms with van der Waals surface area (Å²) in [4.78, 5) is 14.2. The van der Waals surface area contributed by atoms with Gasteiger partial charge >= 0.3 is 0 Å². The number of hydrogen-bond acceptors (Lipinski definition) is 3. The molecular formula is C15H30N2O2. The van der Waals surface area contributed by atoms with Gasteiger partial charge in [-0.15, -0.1) is 0 Å². The van der Waals surface area contributed by atoms with Crippen molar-refractivity contribution in [1.29, 1.82) is 0 Å². The quantitative estimate of drug-likeness (QED) is 0.803. The molecule has 1 amide bonds. The van der Waals surface area contributed by atoms with Gasteiger partial charge < -0.3 is 15.4 Å². The van der Waals surface area contributed by atoms with Gasteiger partial charge in [0.2, 0.25) is 5.91 Å². The van der Waals surface area contributed by atoms with Gasteiger partial charge in [0.15, 0.2) is 0 Å². The van der Waals surface area contributed by atoms with Gasteiger partial charge in [-0.05, 0) is 19.3 Å². The largest absolute Gasteiger partial charge is 0.378 e. The molecule has 0 spiro atoms. The van der Waals surface area contributed by atoms with Crippen LogP contribution in [-0.2, 0) is 9.53 Å². The van der Waals surface area contributed by atoms with Gasteiger partial charge in [0, 0.05) is 25.1 Å². The topological polar surface area (TPSA) is 55.6 Å². The van der Waals surface area contributed by atoms with Crippen molar-refractivity contribution >= 4 is 5.91 Å². The third kappa shape index (κ3) is 3.11. The highest BCUT2D eigenvalue weighted by Crippen LogP contribution is 2.45. The maximum Gasteiger partial charge on any atom is 0.239 e. The van der Waals surface area contributed by atoms with Gasteiger partial charge in [-0.2, -0.15) is 0 Å². The van der Waals surface area contributed by atoms with Crippen LogP contribution < -0.4 is 5.73 Å². The summed E-state index contributed by atoms with van der Waals surface area (Å²) in [5.41, 5.74) is 6.06. The van der Waals surface area contributed by atoms with Crippen molar-refractivity contribution in [2.45, 2.75) is 65.6 Å². The molecule has 4 nitrogen and oxygen atoms in total. The van der Waals surface area contributed by atoms with Crippen LogP contribution in [0.15, 0.2) is 0 Å². The molecule has 19 heavy (non-hydrogen) atoms. The zero-order valence-electron chi connectivity index (χ0n) is 13.3. The number of nitrogens with two attached hydrogens (primary N) is 1. The van der Waals surface area contributed by atoms with Gasteiger partial charge in [-0.3, -0.25) is 4.79 Å². The molecule has 2 N–H and O–H groups in total. The minimum Gasteiger partial charge on any atom is -0.378 e. The minimum absolute atomic E-state index is 0.00952. The summed E-state index contributed by atoms with van der Waals surface area (Å²) in [6.07, 6.45) is 2.09. The summed E-state index contributed by atoms with van der Waals surface area (Å²) in [6.45, 7) is 11.2. The minimum atomic E-state index is -0.392. The second-order valence-corrected chi connectivity index (χ2v) is 6.38. The first-order valence-electron chi connectivity index (χ1n) is 7.41. The Morgan fingerprint density at radius 1 is 1.47 bits per heavy atom. The van der Waals surface area contributed by atoms with E-state index in [4.69, 9.17) is 10.5 Å². The van der Waals surface area contributed by atoms with E-state index in [9.17, 15) is 4.79 Å². The molecule has 0 bridgehead atoms. The Labute approximate surface area is 117 Å². The van der Waals surface area contributed by atoms with Gasteiger partial charge in [-0.25, -0.2) is 0 Å². The predicted molar refractivity (Wildman–Crippen MR) is 77.8 cm³/mol. The molecule has 0 aromatic rings. The predicted octanol–water partition coefficient (Wildman–Crippen LogP) is 2.02. The SMILES string of the molecule is CCOC1CC(N(C)C(=O)C(N)C(C)CC)C1(C)C. The number of hydrogen-bond donors (Lipinski definition) is 1. The van der Waals surface area contributed by atoms with Crippen LogP contribution in [0.3, 0.4) is 0 Å². The molecule has 4 unspecified atom stereocenters. The van der Waals surface area contributed by atoms with E-state index in [1.807, 2.05) is 25.8 Å². The number of amides is 1. The molecule has 1 aliphatic rings. The molecule has 1 aliphatic carbocycles. The van der Waals surface area contributed by atoms with Crippen LogP contribution in [0.2, 0.25) is 0 Å². The van der Waals surface area contributed by atoms with Crippen molar-refractivity contribution in [3.05, 3.63) is 0 Å². The Kier molecular flexibility index (Phi) is 5.39. The van der Waals surface area contributed by atoms with E-state index in [2.05, 4.69) is 20.8 Å². The van der Waals surface area contributed by atoms with Gasteiger partial charge in [0.1, 0.15) is 0 Å². The average Bonchev–Trinajstić information content (AvgIpc) is 2.39. The molecule has 0 aliphatic heterocycles. The lowest BCUT2D eigenvalue weighted by Crippen LogP contribution is -2.64. The van der Waals surface area contributed by atoms with E-state index >= 15 is 0 Å². The Hall–Kier alpha value is -0.610. The van der Waals surface area contributed by atoms with Crippen molar-refractivity contribution < 1.29 is 9.53 Å². The first kappa shape index (κ1) is 16.4. The van der Waals surface area contributed by atoms with Gasteiger partial charge in [0.05, 0.1) is 12.1 Å². The fourth-order valence-electron chi connectivity index (χ4n) is 2.89. The third-order valence-corrected chi connectivity index (χ3v) is 4.85. The molecule has 1 fully saturated rings. The van der Waals surface area contributed by atoms with E-state index in [-0.39, 0.29) is 29.4 Å². The Morgan fingerprint density at radius 2 is 2.05 bits per heavy atom. The second kappa shape index (κ2) is 6.23. The van der Waals surface area contributed by atoms with E-state index in [0.717, 1.165) is 19.4 Å². The van der Waals surface area contributed by atoms with E-state index in [0.29, 0.717) is 0 Å². The molecule has 0 aromatic heterocycles. The highest BCUT2D eigenvalue weighted by molar-refractivity contribution is 5.82. The number of nitrogens with zero attached hydrogens (tertiary/aromatic N) is 1. The van der Waals surface area contributed by atoms with Crippen molar-refractivity contribution in [1.82, 2.24) is 4.90 Å². The highest BCUT2D eigenvalue weighted by Gasteiger charge is 2.52. The molecular weight excluding hydrogens is 240 g/mol. The lowest BCUT2D eigenvalue weighted by molar-refractivity contribution is -0.165. The summed E-state index contributed by atoms with van der Waals surface area (Å²) >= 11 is 0. The summed E-state index contributed by atoms with van der Waals surface area (Å²) in [6, 6.07) is -0.163. The summed E-state index contributed by atoms with van der Waals surface area (Å²) in [7, 11) is 1.87. The molecule has 0 aromatic carbocycles. The Balaban J connectivity index is 2.65. The normalized spacial score (nSPS) is 28.4. The molecule has 112 valence electrons. The molecule has 1 saturated carbocycles. The molecule has 0 radical (unpaired) electrons. The lowest BCUT2D eigenvalue weighted by Gasteiger charge is -2.55. The van der Waals surface area contributed by atoms with Crippen molar-refractivity contribution in [2.24, 2.45) is 17.1 Å². The van der Waals surface area contributed by atoms with E-state index < -0.39 is 6.04 Å².